The van der Waals surface area contributed by atoms with Crippen molar-refractivity contribution in [2.75, 3.05) is 31.7 Å². The number of anilines is 2. The summed E-state index contributed by atoms with van der Waals surface area (Å²) in [7, 11) is 0. The van der Waals surface area contributed by atoms with Gasteiger partial charge in [-0.05, 0) is 65.6 Å². The van der Waals surface area contributed by atoms with Crippen LogP contribution in [0.15, 0.2) is 24.3 Å². The van der Waals surface area contributed by atoms with Crippen molar-refractivity contribution in [1.29, 1.82) is 0 Å². The van der Waals surface area contributed by atoms with Crippen LogP contribution in [-0.4, -0.2) is 42.5 Å². The number of rotatable bonds is 11. The Bertz CT molecular complexity index is 975. The first-order valence-electron chi connectivity index (χ1n) is 9.85. The molecule has 1 amide bonds. The monoisotopic (exact) mass is 566 g/mol. The number of nitrogens with one attached hydrogen (secondary N) is 2. The lowest BCUT2D eigenvalue weighted by Crippen LogP contribution is -2.27. The number of hydrogen-bond donors (Lipinski definition) is 4. The van der Waals surface area contributed by atoms with E-state index in [-0.39, 0.29) is 31.1 Å². The highest BCUT2D eigenvalue weighted by molar-refractivity contribution is 14.1. The van der Waals surface area contributed by atoms with Crippen molar-refractivity contribution < 1.29 is 37.8 Å². The Balaban J connectivity index is 2.00. The minimum Gasteiger partial charge on any atom is -0.394 e. The molecule has 1 aliphatic rings. The largest absolute Gasteiger partial charge is 0.394 e. The number of aliphatic hydroxyl groups excluding tert-OH is 2. The van der Waals surface area contributed by atoms with Gasteiger partial charge in [-0.15, -0.1) is 0 Å². The normalized spacial score (nSPS) is 14.3. The van der Waals surface area contributed by atoms with E-state index in [0.717, 1.165) is 18.9 Å². The van der Waals surface area contributed by atoms with E-state index in [9.17, 15) is 18.7 Å². The molecule has 1 unspecified atom stereocenters. The van der Waals surface area contributed by atoms with Gasteiger partial charge in [0.2, 0.25) is 0 Å². The molecule has 0 aromatic heterocycles. The van der Waals surface area contributed by atoms with E-state index in [1.807, 2.05) is 28.1 Å². The molecule has 1 aliphatic carbocycles. The lowest BCUT2D eigenvalue weighted by atomic mass is 10.0. The average Bonchev–Trinajstić information content (AvgIpc) is 3.59. The molecule has 0 saturated heterocycles. The van der Waals surface area contributed by atoms with Gasteiger partial charge < -0.3 is 20.3 Å². The van der Waals surface area contributed by atoms with Crippen molar-refractivity contribution in [2.24, 2.45) is 5.92 Å². The Morgan fingerprint density at radius 3 is 2.56 bits per heavy atom. The molecule has 0 aliphatic heterocycles. The number of carbonyl (C=O) groups is 1. The maximum atomic E-state index is 15.1. The van der Waals surface area contributed by atoms with Crippen molar-refractivity contribution in [3.8, 4) is 0 Å². The third kappa shape index (κ3) is 6.10. The van der Waals surface area contributed by atoms with Crippen molar-refractivity contribution >= 4 is 39.9 Å². The van der Waals surface area contributed by atoms with Gasteiger partial charge in [0.05, 0.1) is 43.4 Å². The zero-order valence-corrected chi connectivity index (χ0v) is 19.0. The number of hydroxylamine groups is 1. The molecule has 0 heterocycles. The van der Waals surface area contributed by atoms with Gasteiger partial charge >= 0.3 is 0 Å². The summed E-state index contributed by atoms with van der Waals surface area (Å²) in [5, 5.41) is 20.9. The summed E-state index contributed by atoms with van der Waals surface area (Å²) in [6.07, 6.45) is 0.712. The molecule has 1 atom stereocenters. The van der Waals surface area contributed by atoms with E-state index in [4.69, 9.17) is 14.7 Å². The van der Waals surface area contributed by atoms with Gasteiger partial charge in [-0.3, -0.25) is 9.63 Å². The second-order valence-corrected chi connectivity index (χ2v) is 8.46. The van der Waals surface area contributed by atoms with Gasteiger partial charge in [0, 0.05) is 9.13 Å². The van der Waals surface area contributed by atoms with Crippen LogP contribution in [0.3, 0.4) is 0 Å². The van der Waals surface area contributed by atoms with Gasteiger partial charge in [-0.2, -0.15) is 0 Å². The third-order valence-corrected chi connectivity index (χ3v) is 5.44. The van der Waals surface area contributed by atoms with Crippen LogP contribution in [0.4, 0.5) is 24.5 Å². The molecule has 32 heavy (non-hydrogen) atoms. The number of ether oxygens (including phenoxy) is 1. The van der Waals surface area contributed by atoms with Crippen molar-refractivity contribution in [2.45, 2.75) is 18.9 Å². The fourth-order valence-corrected chi connectivity index (χ4v) is 3.35. The van der Waals surface area contributed by atoms with Gasteiger partial charge in [0.1, 0.15) is 11.9 Å². The molecular weight excluding hydrogens is 544 g/mol. The van der Waals surface area contributed by atoms with Crippen LogP contribution in [0.2, 0.25) is 0 Å². The van der Waals surface area contributed by atoms with E-state index in [2.05, 4.69) is 5.32 Å². The Morgan fingerprint density at radius 2 is 1.94 bits per heavy atom. The minimum absolute atomic E-state index is 0.175. The number of hydrogen-bond acceptors (Lipinski definition) is 6. The summed E-state index contributed by atoms with van der Waals surface area (Å²) in [5.41, 5.74) is 0.469. The zero-order valence-electron chi connectivity index (χ0n) is 16.8. The predicted octanol–water partition coefficient (Wildman–Crippen LogP) is 3.57. The summed E-state index contributed by atoms with van der Waals surface area (Å²) >= 11 is 1.89. The van der Waals surface area contributed by atoms with Crippen LogP contribution >= 0.6 is 22.6 Å². The Labute approximate surface area is 196 Å². The molecule has 2 aromatic carbocycles. The molecule has 0 spiro atoms. The second-order valence-electron chi connectivity index (χ2n) is 7.22. The first kappa shape index (κ1) is 24.7. The second kappa shape index (κ2) is 11.3. The van der Waals surface area contributed by atoms with Gasteiger partial charge in [-0.25, -0.2) is 18.7 Å². The van der Waals surface area contributed by atoms with Crippen LogP contribution in [0.5, 0.6) is 0 Å². The third-order valence-electron chi connectivity index (χ3n) is 4.77. The highest BCUT2D eigenvalue weighted by atomic mass is 127. The Morgan fingerprint density at radius 1 is 1.19 bits per heavy atom. The van der Waals surface area contributed by atoms with E-state index in [0.29, 0.717) is 9.49 Å². The highest BCUT2D eigenvalue weighted by Crippen LogP contribution is 2.35. The molecule has 11 heteroatoms. The lowest BCUT2D eigenvalue weighted by molar-refractivity contribution is 0.00372. The summed E-state index contributed by atoms with van der Waals surface area (Å²) in [6, 6.07) is 5.08. The molecule has 2 aromatic rings. The molecule has 7 nitrogen and oxygen atoms in total. The van der Waals surface area contributed by atoms with Crippen LogP contribution in [0.1, 0.15) is 34.9 Å². The van der Waals surface area contributed by atoms with E-state index < -0.39 is 47.3 Å². The van der Waals surface area contributed by atoms with E-state index in [1.54, 1.807) is 6.07 Å². The molecular formula is C21H22F3IN2O5. The maximum Gasteiger partial charge on any atom is 0.277 e. The minimum atomic E-state index is -1.44. The van der Waals surface area contributed by atoms with Crippen LogP contribution in [0.25, 0.3) is 0 Å². The van der Waals surface area contributed by atoms with Crippen molar-refractivity contribution in [3.63, 3.8) is 0 Å². The summed E-state index contributed by atoms with van der Waals surface area (Å²) < 4.78 is 50.5. The highest BCUT2D eigenvalue weighted by Gasteiger charge is 2.29. The van der Waals surface area contributed by atoms with Gasteiger partial charge in [0.15, 0.2) is 11.6 Å². The number of aliphatic hydroxyl groups is 2. The molecule has 1 saturated carbocycles. The molecule has 3 rings (SSSR count). The van der Waals surface area contributed by atoms with Crippen LogP contribution in [0, 0.1) is 26.9 Å². The summed E-state index contributed by atoms with van der Waals surface area (Å²) in [6.45, 7) is -0.991. The molecule has 0 bridgehead atoms. The SMILES string of the molecule is O=C(NOCCO)c1cc(C(CO)OCC2CC2)c(F)c(F)c1Nc1ccc(I)cc1F. The van der Waals surface area contributed by atoms with Gasteiger partial charge in [0.25, 0.3) is 5.91 Å². The fourth-order valence-electron chi connectivity index (χ4n) is 2.90. The fraction of sp³-hybridized carbons (Fsp3) is 0.381. The topological polar surface area (TPSA) is 100 Å². The Hall–Kier alpha value is -1.93. The number of carbonyl (C=O) groups excluding carboxylic acids is 1. The van der Waals surface area contributed by atoms with Gasteiger partial charge in [-0.1, -0.05) is 0 Å². The molecule has 1 fully saturated rings. The number of halogens is 4. The molecule has 4 N–H and O–H groups in total. The van der Waals surface area contributed by atoms with Crippen LogP contribution in [-0.2, 0) is 9.57 Å². The quantitative estimate of drug-likeness (QED) is 0.189. The average molecular weight is 566 g/mol. The first-order chi connectivity index (χ1) is 15.3. The predicted molar refractivity (Wildman–Crippen MR) is 118 cm³/mol. The molecule has 0 radical (unpaired) electrons. The number of amides is 1. The summed E-state index contributed by atoms with van der Waals surface area (Å²) in [5.74, 6) is -4.17. The smallest absolute Gasteiger partial charge is 0.277 e. The number of benzene rings is 2. The molecule has 174 valence electrons. The first-order valence-corrected chi connectivity index (χ1v) is 10.9. The van der Waals surface area contributed by atoms with Crippen LogP contribution < -0.4 is 10.8 Å². The zero-order chi connectivity index (χ0) is 23.3. The van der Waals surface area contributed by atoms with Crippen molar-refractivity contribution in [1.82, 2.24) is 5.48 Å². The van der Waals surface area contributed by atoms with E-state index in [1.165, 1.54) is 12.1 Å². The standard InChI is InChI=1S/C21H22F3IN2O5/c22-15-7-12(25)3-4-16(15)26-20-14(21(30)27-32-6-5-28)8-13(18(23)19(20)24)17(9-29)31-10-11-1-2-11/h3-4,7-8,11,17,26,28-29H,1-2,5-6,9-10H2,(H,27,30). The summed E-state index contributed by atoms with van der Waals surface area (Å²) in [4.78, 5) is 17.4. The Kier molecular flexibility index (Phi) is 8.71. The van der Waals surface area contributed by atoms with E-state index >= 15 is 4.39 Å². The lowest BCUT2D eigenvalue weighted by Gasteiger charge is -2.21. The maximum absolute atomic E-state index is 15.1. The van der Waals surface area contributed by atoms with Crippen molar-refractivity contribution in [3.05, 3.63) is 56.4 Å².